The maximum atomic E-state index is 13.0. The monoisotopic (exact) mass is 558 g/mol. The van der Waals surface area contributed by atoms with Crippen LogP contribution in [-0.2, 0) is 10.0 Å². The number of halogens is 2. The second kappa shape index (κ2) is 8.11. The smallest absolute Gasteiger partial charge is 0.261 e. The van der Waals surface area contributed by atoms with Gasteiger partial charge in [0.05, 0.1) is 10.9 Å². The number of anilines is 2. The Hall–Kier alpha value is -2.09. The van der Waals surface area contributed by atoms with Gasteiger partial charge in [-0.2, -0.15) is 0 Å². The molecule has 1 heterocycles. The molecule has 3 atom stereocenters. The van der Waals surface area contributed by atoms with Crippen molar-refractivity contribution < 1.29 is 8.42 Å². The van der Waals surface area contributed by atoms with Gasteiger partial charge in [-0.3, -0.25) is 4.72 Å². The Morgan fingerprint density at radius 1 is 0.935 bits per heavy atom. The molecule has 0 aromatic heterocycles. The summed E-state index contributed by atoms with van der Waals surface area (Å²) >= 11 is 7.06. The maximum Gasteiger partial charge on any atom is 0.261 e. The first-order valence-electron chi connectivity index (χ1n) is 10.0. The highest BCUT2D eigenvalue weighted by Gasteiger charge is 2.39. The lowest BCUT2D eigenvalue weighted by Gasteiger charge is -2.38. The van der Waals surface area contributed by atoms with E-state index in [1.165, 1.54) is 5.56 Å². The van der Waals surface area contributed by atoms with E-state index < -0.39 is 10.0 Å². The second-order valence-corrected chi connectivity index (χ2v) is 11.3. The Balaban J connectivity index is 1.50. The molecule has 31 heavy (non-hydrogen) atoms. The van der Waals surface area contributed by atoms with Gasteiger partial charge in [0.2, 0.25) is 0 Å². The minimum atomic E-state index is -3.69. The first kappa shape index (κ1) is 20.8. The van der Waals surface area contributed by atoms with Crippen LogP contribution in [0.3, 0.4) is 0 Å². The highest BCUT2D eigenvalue weighted by molar-refractivity contribution is 9.10. The van der Waals surface area contributed by atoms with Gasteiger partial charge in [-0.05, 0) is 72.0 Å². The summed E-state index contributed by atoms with van der Waals surface area (Å²) in [7, 11) is -3.69. The summed E-state index contributed by atoms with van der Waals surface area (Å²) < 4.78 is 30.7. The number of sulfonamides is 1. The van der Waals surface area contributed by atoms with Gasteiger partial charge in [-0.1, -0.05) is 62.2 Å². The molecule has 2 aliphatic rings. The molecule has 158 valence electrons. The van der Waals surface area contributed by atoms with E-state index in [0.29, 0.717) is 11.6 Å². The summed E-state index contributed by atoms with van der Waals surface area (Å²) in [5, 5.41) is 3.67. The number of rotatable bonds is 4. The average molecular weight is 560 g/mol. The molecule has 3 aromatic rings. The van der Waals surface area contributed by atoms with Gasteiger partial charge in [-0.25, -0.2) is 8.42 Å². The number of benzene rings is 3. The molecule has 1 aliphatic heterocycles. The van der Waals surface area contributed by atoms with Crippen LogP contribution in [0.15, 0.2) is 92.7 Å². The zero-order valence-electron chi connectivity index (χ0n) is 16.4. The number of nitrogens with one attached hydrogen (secondary N) is 2. The fourth-order valence-electron chi connectivity index (χ4n) is 4.51. The first-order chi connectivity index (χ1) is 14.9. The van der Waals surface area contributed by atoms with Crippen molar-refractivity contribution in [2.75, 3.05) is 10.0 Å². The van der Waals surface area contributed by atoms with E-state index in [4.69, 9.17) is 0 Å². The number of fused-ring (bicyclic) bond motifs is 3. The molecular weight excluding hydrogens is 540 g/mol. The van der Waals surface area contributed by atoms with E-state index in [2.05, 4.69) is 72.2 Å². The van der Waals surface area contributed by atoms with Crippen molar-refractivity contribution in [3.8, 4) is 0 Å². The molecule has 5 rings (SSSR count). The van der Waals surface area contributed by atoms with Crippen LogP contribution in [0.4, 0.5) is 11.4 Å². The molecule has 4 nitrogen and oxygen atoms in total. The van der Waals surface area contributed by atoms with Gasteiger partial charge in [0.15, 0.2) is 0 Å². The lowest BCUT2D eigenvalue weighted by atomic mass is 9.77. The van der Waals surface area contributed by atoms with Crippen LogP contribution < -0.4 is 10.0 Å². The summed E-state index contributed by atoms with van der Waals surface area (Å²) in [4.78, 5) is 0.273. The topological polar surface area (TPSA) is 58.2 Å². The fraction of sp³-hybridized carbons (Fsp3) is 0.167. The zero-order chi connectivity index (χ0) is 21.6. The van der Waals surface area contributed by atoms with Gasteiger partial charge in [0.25, 0.3) is 10.0 Å². The Kier molecular flexibility index (Phi) is 5.44. The first-order valence-corrected chi connectivity index (χ1v) is 13.1. The molecule has 1 aliphatic carbocycles. The zero-order valence-corrected chi connectivity index (χ0v) is 20.4. The Morgan fingerprint density at radius 3 is 2.48 bits per heavy atom. The van der Waals surface area contributed by atoms with Gasteiger partial charge < -0.3 is 5.32 Å². The van der Waals surface area contributed by atoms with Crippen molar-refractivity contribution in [1.82, 2.24) is 0 Å². The van der Waals surface area contributed by atoms with Crippen LogP contribution >= 0.6 is 31.9 Å². The van der Waals surface area contributed by atoms with Crippen molar-refractivity contribution in [3.63, 3.8) is 0 Å². The highest BCUT2D eigenvalue weighted by atomic mass is 79.9. The Bertz CT molecular complexity index is 1270. The van der Waals surface area contributed by atoms with Crippen LogP contribution in [0.5, 0.6) is 0 Å². The van der Waals surface area contributed by atoms with Gasteiger partial charge in [0.1, 0.15) is 0 Å². The van der Waals surface area contributed by atoms with Crippen LogP contribution in [0.1, 0.15) is 29.5 Å². The summed E-state index contributed by atoms with van der Waals surface area (Å²) in [6.07, 6.45) is 5.38. The van der Waals surface area contributed by atoms with Gasteiger partial charge >= 0.3 is 0 Å². The molecule has 0 amide bonds. The minimum absolute atomic E-state index is 0.159. The van der Waals surface area contributed by atoms with Crippen molar-refractivity contribution in [3.05, 3.63) is 99.0 Å². The third-order valence-electron chi connectivity index (χ3n) is 5.98. The lowest BCUT2D eigenvalue weighted by Crippen LogP contribution is -2.29. The third kappa shape index (κ3) is 3.95. The van der Waals surface area contributed by atoms with Gasteiger partial charge in [0, 0.05) is 26.2 Å². The molecule has 0 bridgehead atoms. The van der Waals surface area contributed by atoms with Gasteiger partial charge in [-0.15, -0.1) is 0 Å². The van der Waals surface area contributed by atoms with Crippen LogP contribution in [0, 0.1) is 5.92 Å². The molecule has 0 unspecified atom stereocenters. The van der Waals surface area contributed by atoms with E-state index in [-0.39, 0.29) is 16.9 Å². The standard InChI is InChI=1S/C24H20Br2N2O2S/c25-15-8-10-16(11-9-15)28-31(29,30)17-12-13-23-21(14-17)18-5-3-6-19(18)24(27-23)20-4-1-2-7-22(20)26/h1-5,7-14,18-19,24,27-28H,6H2/t18-,19+,24-/m0/s1. The Labute approximate surface area is 199 Å². The average Bonchev–Trinajstić information content (AvgIpc) is 3.25. The number of hydrogen-bond donors (Lipinski definition) is 2. The fourth-order valence-corrected chi connectivity index (χ4v) is 6.40. The van der Waals surface area contributed by atoms with Crippen molar-refractivity contribution in [2.45, 2.75) is 23.3 Å². The molecule has 0 saturated heterocycles. The molecule has 0 saturated carbocycles. The van der Waals surface area contributed by atoms with Crippen LogP contribution in [-0.4, -0.2) is 8.42 Å². The molecule has 0 fully saturated rings. The maximum absolute atomic E-state index is 13.0. The quantitative estimate of drug-likeness (QED) is 0.344. The number of allylic oxidation sites excluding steroid dienone is 2. The summed E-state index contributed by atoms with van der Waals surface area (Å²) in [5.41, 5.74) is 3.77. The summed E-state index contributed by atoms with van der Waals surface area (Å²) in [6, 6.07) is 20.9. The summed E-state index contributed by atoms with van der Waals surface area (Å²) in [5.74, 6) is 0.514. The summed E-state index contributed by atoms with van der Waals surface area (Å²) in [6.45, 7) is 0. The van der Waals surface area contributed by atoms with Crippen LogP contribution in [0.2, 0.25) is 0 Å². The van der Waals surface area contributed by atoms with E-state index in [9.17, 15) is 8.42 Å². The number of hydrogen-bond acceptors (Lipinski definition) is 3. The molecule has 3 aromatic carbocycles. The van der Waals surface area contributed by atoms with Crippen LogP contribution in [0.25, 0.3) is 0 Å². The van der Waals surface area contributed by atoms with Crippen molar-refractivity contribution in [1.29, 1.82) is 0 Å². The molecule has 0 radical (unpaired) electrons. The van der Waals surface area contributed by atoms with Crippen molar-refractivity contribution in [2.24, 2.45) is 5.92 Å². The second-order valence-electron chi connectivity index (χ2n) is 7.86. The van der Waals surface area contributed by atoms with E-state index in [1.807, 2.05) is 30.3 Å². The molecular formula is C24H20Br2N2O2S. The van der Waals surface area contributed by atoms with E-state index in [1.54, 1.807) is 18.2 Å². The van der Waals surface area contributed by atoms with E-state index >= 15 is 0 Å². The lowest BCUT2D eigenvalue weighted by molar-refractivity contribution is 0.424. The third-order valence-corrected chi connectivity index (χ3v) is 8.61. The minimum Gasteiger partial charge on any atom is -0.378 e. The van der Waals surface area contributed by atoms with Crippen molar-refractivity contribution >= 4 is 53.3 Å². The predicted octanol–water partition coefficient (Wildman–Crippen LogP) is 6.84. The molecule has 2 N–H and O–H groups in total. The highest BCUT2D eigenvalue weighted by Crippen LogP contribution is 2.51. The largest absolute Gasteiger partial charge is 0.378 e. The molecule has 7 heteroatoms. The van der Waals surface area contributed by atoms with E-state index in [0.717, 1.165) is 26.6 Å². The SMILES string of the molecule is O=S(=O)(Nc1ccc(Br)cc1)c1ccc2c(c1)[C@H]1C=CC[C@H]1[C@@H](c1ccccc1Br)N2. The Morgan fingerprint density at radius 2 is 1.71 bits per heavy atom. The molecule has 0 spiro atoms. The predicted molar refractivity (Wildman–Crippen MR) is 132 cm³/mol. The normalized spacial score (nSPS) is 21.8.